The van der Waals surface area contributed by atoms with Crippen molar-refractivity contribution in [2.75, 3.05) is 33.4 Å². The van der Waals surface area contributed by atoms with Crippen LogP contribution in [0.5, 0.6) is 0 Å². The Morgan fingerprint density at radius 3 is 2.41 bits per heavy atom. The van der Waals surface area contributed by atoms with Gasteiger partial charge >= 0.3 is 0 Å². The highest BCUT2D eigenvalue weighted by Crippen LogP contribution is 2.44. The van der Waals surface area contributed by atoms with Crippen LogP contribution in [0, 0.1) is 5.41 Å². The quantitative estimate of drug-likeness (QED) is 0.824. The molecule has 0 aromatic heterocycles. The third kappa shape index (κ3) is 4.09. The molecule has 0 atom stereocenters. The highest BCUT2D eigenvalue weighted by molar-refractivity contribution is 5.85. The van der Waals surface area contributed by atoms with Crippen LogP contribution in [-0.2, 0) is 4.74 Å². The zero-order valence-electron chi connectivity index (χ0n) is 11.0. The van der Waals surface area contributed by atoms with E-state index in [2.05, 4.69) is 4.90 Å². The van der Waals surface area contributed by atoms with Crippen molar-refractivity contribution in [1.82, 2.24) is 4.90 Å². The molecule has 3 nitrogen and oxygen atoms in total. The highest BCUT2D eigenvalue weighted by atomic mass is 35.5. The molecule has 0 spiro atoms. The van der Waals surface area contributed by atoms with E-state index >= 15 is 0 Å². The van der Waals surface area contributed by atoms with Crippen LogP contribution in [0.15, 0.2) is 0 Å². The molecule has 0 amide bonds. The molecular formula is C13H27ClN2O. The fourth-order valence-corrected chi connectivity index (χ4v) is 3.07. The second kappa shape index (κ2) is 6.93. The molecule has 2 N–H and O–H groups in total. The number of piperidine rings is 1. The maximum Gasteiger partial charge on any atom is 0.0468 e. The molecule has 0 bridgehead atoms. The molecule has 1 heterocycles. The first-order chi connectivity index (χ1) is 7.74. The molecule has 1 saturated heterocycles. The van der Waals surface area contributed by atoms with Crippen molar-refractivity contribution in [3.05, 3.63) is 0 Å². The van der Waals surface area contributed by atoms with Gasteiger partial charge in [0, 0.05) is 26.3 Å². The van der Waals surface area contributed by atoms with Crippen LogP contribution in [0.1, 0.15) is 38.5 Å². The van der Waals surface area contributed by atoms with Gasteiger partial charge in [0.1, 0.15) is 0 Å². The number of nitrogens with zero attached hydrogens (tertiary/aromatic N) is 1. The minimum Gasteiger partial charge on any atom is -0.385 e. The van der Waals surface area contributed by atoms with Gasteiger partial charge in [-0.2, -0.15) is 0 Å². The fourth-order valence-electron chi connectivity index (χ4n) is 3.07. The Morgan fingerprint density at radius 2 is 1.94 bits per heavy atom. The maximum absolute atomic E-state index is 5.94. The van der Waals surface area contributed by atoms with E-state index in [0.29, 0.717) is 11.5 Å². The van der Waals surface area contributed by atoms with E-state index in [4.69, 9.17) is 10.5 Å². The molecule has 0 aromatic carbocycles. The van der Waals surface area contributed by atoms with E-state index in [1.54, 1.807) is 0 Å². The Bertz CT molecular complexity index is 213. The summed E-state index contributed by atoms with van der Waals surface area (Å²) in [4.78, 5) is 2.62. The van der Waals surface area contributed by atoms with Crippen LogP contribution in [-0.4, -0.2) is 44.3 Å². The number of likely N-dealkylation sites (tertiary alicyclic amines) is 1. The second-order valence-corrected chi connectivity index (χ2v) is 5.71. The maximum atomic E-state index is 5.94. The van der Waals surface area contributed by atoms with Crippen LogP contribution >= 0.6 is 12.4 Å². The molecule has 1 saturated carbocycles. The van der Waals surface area contributed by atoms with Crippen molar-refractivity contribution in [1.29, 1.82) is 0 Å². The summed E-state index contributed by atoms with van der Waals surface area (Å²) < 4.78 is 5.24. The van der Waals surface area contributed by atoms with Gasteiger partial charge in [-0.15, -0.1) is 12.4 Å². The molecule has 0 aromatic rings. The third-order valence-electron chi connectivity index (χ3n) is 4.44. The molecule has 2 aliphatic rings. The number of ether oxygens (including phenoxy) is 1. The molecule has 0 unspecified atom stereocenters. The van der Waals surface area contributed by atoms with Crippen molar-refractivity contribution < 1.29 is 4.74 Å². The molecule has 2 rings (SSSR count). The summed E-state index contributed by atoms with van der Waals surface area (Å²) in [7, 11) is 1.81. The van der Waals surface area contributed by atoms with Crippen molar-refractivity contribution >= 4 is 12.4 Å². The number of hydrogen-bond donors (Lipinski definition) is 1. The monoisotopic (exact) mass is 262 g/mol. The van der Waals surface area contributed by atoms with Gasteiger partial charge in [-0.25, -0.2) is 0 Å². The number of rotatable bonds is 5. The molecule has 102 valence electrons. The van der Waals surface area contributed by atoms with Gasteiger partial charge in [0.2, 0.25) is 0 Å². The summed E-state index contributed by atoms with van der Waals surface area (Å²) in [6, 6.07) is 0.451. The summed E-state index contributed by atoms with van der Waals surface area (Å²) in [5.41, 5.74) is 6.52. The smallest absolute Gasteiger partial charge is 0.0468 e. The summed E-state index contributed by atoms with van der Waals surface area (Å²) in [5.74, 6) is 0. The summed E-state index contributed by atoms with van der Waals surface area (Å²) in [5, 5.41) is 0. The van der Waals surface area contributed by atoms with E-state index in [1.165, 1.54) is 58.2 Å². The Kier molecular flexibility index (Phi) is 6.21. The van der Waals surface area contributed by atoms with E-state index in [-0.39, 0.29) is 12.4 Å². The van der Waals surface area contributed by atoms with Crippen molar-refractivity contribution in [3.8, 4) is 0 Å². The van der Waals surface area contributed by atoms with Gasteiger partial charge in [0.25, 0.3) is 0 Å². The molecule has 1 aliphatic carbocycles. The lowest BCUT2D eigenvalue weighted by Gasteiger charge is -2.46. The summed E-state index contributed by atoms with van der Waals surface area (Å²) in [6.45, 7) is 4.61. The Morgan fingerprint density at radius 1 is 1.29 bits per heavy atom. The third-order valence-corrected chi connectivity index (χ3v) is 4.44. The van der Waals surface area contributed by atoms with Crippen LogP contribution < -0.4 is 5.73 Å². The van der Waals surface area contributed by atoms with Gasteiger partial charge in [-0.1, -0.05) is 6.42 Å². The zero-order chi connectivity index (χ0) is 11.4. The standard InChI is InChI=1S/C13H26N2O.ClH/c1-16-10-7-13(5-2-6-13)11-15-8-3-12(14)4-9-15;/h12H,2-11,14H2,1H3;1H. The molecule has 4 heteroatoms. The first-order valence-corrected chi connectivity index (χ1v) is 6.71. The number of nitrogens with two attached hydrogens (primary N) is 1. The van der Waals surface area contributed by atoms with E-state index in [0.717, 1.165) is 6.61 Å². The van der Waals surface area contributed by atoms with Crippen LogP contribution in [0.4, 0.5) is 0 Å². The Balaban J connectivity index is 0.00000144. The SMILES string of the molecule is COCCC1(CN2CCC(N)CC2)CCC1.Cl. The average molecular weight is 263 g/mol. The minimum absolute atomic E-state index is 0. The minimum atomic E-state index is 0. The highest BCUT2D eigenvalue weighted by Gasteiger charge is 2.38. The zero-order valence-corrected chi connectivity index (χ0v) is 11.8. The predicted molar refractivity (Wildman–Crippen MR) is 73.7 cm³/mol. The first kappa shape index (κ1) is 15.2. The lowest BCUT2D eigenvalue weighted by Crippen LogP contribution is -2.47. The van der Waals surface area contributed by atoms with Gasteiger partial charge in [0.15, 0.2) is 0 Å². The summed E-state index contributed by atoms with van der Waals surface area (Å²) in [6.07, 6.45) is 7.82. The van der Waals surface area contributed by atoms with Gasteiger partial charge in [-0.3, -0.25) is 0 Å². The molecule has 17 heavy (non-hydrogen) atoms. The Hall–Kier alpha value is 0.170. The lowest BCUT2D eigenvalue weighted by atomic mass is 9.66. The van der Waals surface area contributed by atoms with Crippen LogP contribution in [0.2, 0.25) is 0 Å². The van der Waals surface area contributed by atoms with E-state index in [9.17, 15) is 0 Å². The van der Waals surface area contributed by atoms with Gasteiger partial charge < -0.3 is 15.4 Å². The number of hydrogen-bond acceptors (Lipinski definition) is 3. The largest absolute Gasteiger partial charge is 0.385 e. The fraction of sp³-hybridized carbons (Fsp3) is 1.00. The van der Waals surface area contributed by atoms with Crippen LogP contribution in [0.25, 0.3) is 0 Å². The first-order valence-electron chi connectivity index (χ1n) is 6.71. The average Bonchev–Trinajstić information content (AvgIpc) is 2.25. The van der Waals surface area contributed by atoms with E-state index < -0.39 is 0 Å². The van der Waals surface area contributed by atoms with Crippen molar-refractivity contribution in [2.24, 2.45) is 11.1 Å². The normalized spacial score (nSPS) is 25.1. The topological polar surface area (TPSA) is 38.5 Å². The van der Waals surface area contributed by atoms with Crippen LogP contribution in [0.3, 0.4) is 0 Å². The van der Waals surface area contributed by atoms with Crippen molar-refractivity contribution in [2.45, 2.75) is 44.6 Å². The number of methoxy groups -OCH3 is 1. The predicted octanol–water partition coefficient (Wildman–Crippen LogP) is 2.04. The Labute approximate surface area is 111 Å². The van der Waals surface area contributed by atoms with Crippen molar-refractivity contribution in [3.63, 3.8) is 0 Å². The molecule has 1 aliphatic heterocycles. The summed E-state index contributed by atoms with van der Waals surface area (Å²) >= 11 is 0. The number of halogens is 1. The second-order valence-electron chi connectivity index (χ2n) is 5.71. The van der Waals surface area contributed by atoms with Gasteiger partial charge in [0.05, 0.1) is 0 Å². The molecular weight excluding hydrogens is 236 g/mol. The molecule has 2 fully saturated rings. The van der Waals surface area contributed by atoms with Gasteiger partial charge in [-0.05, 0) is 50.6 Å². The molecule has 0 radical (unpaired) electrons. The van der Waals surface area contributed by atoms with E-state index in [1.807, 2.05) is 7.11 Å². The lowest BCUT2D eigenvalue weighted by molar-refractivity contribution is 0.0229.